The van der Waals surface area contributed by atoms with E-state index in [-0.39, 0.29) is 44.0 Å². The summed E-state index contributed by atoms with van der Waals surface area (Å²) >= 11 is 3.25. The quantitative estimate of drug-likeness (QED) is 0.155. The molecule has 7 nitrogen and oxygen atoms in total. The molecular weight excluding hydrogens is 874 g/mol. The van der Waals surface area contributed by atoms with Gasteiger partial charge in [0.1, 0.15) is 0 Å². The Morgan fingerprint density at radius 2 is 1.79 bits per heavy atom. The second kappa shape index (κ2) is 13.9. The summed E-state index contributed by atoms with van der Waals surface area (Å²) in [6, 6.07) is 1.29. The summed E-state index contributed by atoms with van der Waals surface area (Å²) in [6.45, 7) is 2.73. The SMILES string of the molecule is C[I-]C1CC(N2C=CCNC2)CC1PC1CC(O)CC1PC1CC(n2cnc3c2NC=NC3)CC1P[I-]I. The first-order valence-corrected chi connectivity index (χ1v) is 29.9. The van der Waals surface area contributed by atoms with Gasteiger partial charge in [-0.25, -0.2) is 0 Å². The van der Waals surface area contributed by atoms with Crippen molar-refractivity contribution in [1.29, 1.82) is 0 Å². The fourth-order valence-corrected chi connectivity index (χ4v) is 27.0. The van der Waals surface area contributed by atoms with E-state index in [1.54, 1.807) is 0 Å². The molecule has 0 aromatic carbocycles. The zero-order valence-electron chi connectivity index (χ0n) is 21.7. The number of aliphatic hydroxyl groups excluding tert-OH is 1. The molecule has 12 atom stereocenters. The van der Waals surface area contributed by atoms with Gasteiger partial charge in [-0.3, -0.25) is 0 Å². The van der Waals surface area contributed by atoms with Gasteiger partial charge in [-0.2, -0.15) is 0 Å². The van der Waals surface area contributed by atoms with Crippen molar-refractivity contribution >= 4 is 54.2 Å². The summed E-state index contributed by atoms with van der Waals surface area (Å²) in [7, 11) is 2.08. The molecule has 0 bridgehead atoms. The molecule has 1 aromatic rings. The average molecular weight is 914 g/mol. The van der Waals surface area contributed by atoms with Gasteiger partial charge in [0, 0.05) is 0 Å². The van der Waals surface area contributed by atoms with Crippen LogP contribution >= 0.6 is 42.0 Å². The molecule has 3 saturated carbocycles. The number of hydrogen-bond donors (Lipinski definition) is 3. The Hall–Kier alpha value is 1.62. The number of imidazole rings is 1. The molecule has 38 heavy (non-hydrogen) atoms. The minimum absolute atomic E-state index is 0.0644. The van der Waals surface area contributed by atoms with Gasteiger partial charge in [-0.15, -0.1) is 0 Å². The summed E-state index contributed by atoms with van der Waals surface area (Å²) in [6.07, 6.45) is 17.2. The number of hydrogen-bond acceptors (Lipinski definition) is 6. The van der Waals surface area contributed by atoms with E-state index in [2.05, 4.69) is 67.2 Å². The van der Waals surface area contributed by atoms with Gasteiger partial charge in [-0.05, 0) is 0 Å². The Labute approximate surface area is 262 Å². The molecule has 6 rings (SSSR count). The number of aromatic nitrogens is 2. The fourth-order valence-electron chi connectivity index (χ4n) is 7.13. The van der Waals surface area contributed by atoms with E-state index >= 15 is 0 Å². The molecule has 214 valence electrons. The van der Waals surface area contributed by atoms with Crippen LogP contribution in [0.4, 0.5) is 5.82 Å². The molecule has 3 heterocycles. The van der Waals surface area contributed by atoms with Gasteiger partial charge in [-0.1, -0.05) is 0 Å². The van der Waals surface area contributed by atoms with Crippen LogP contribution in [0.15, 0.2) is 23.6 Å². The molecule has 13 heteroatoms. The number of nitrogens with one attached hydrogen (secondary N) is 2. The summed E-state index contributed by atoms with van der Waals surface area (Å²) in [5.41, 5.74) is 5.22. The van der Waals surface area contributed by atoms with E-state index in [9.17, 15) is 5.11 Å². The van der Waals surface area contributed by atoms with Gasteiger partial charge in [0.05, 0.1) is 0 Å². The third-order valence-corrected chi connectivity index (χ3v) is 26.4. The van der Waals surface area contributed by atoms with Crippen LogP contribution in [0.25, 0.3) is 0 Å². The molecule has 0 radical (unpaired) electrons. The van der Waals surface area contributed by atoms with Crippen molar-refractivity contribution in [3.63, 3.8) is 0 Å². The molecule has 5 aliphatic rings. The molecule has 3 N–H and O–H groups in total. The van der Waals surface area contributed by atoms with E-state index in [1.807, 2.05) is 6.34 Å². The van der Waals surface area contributed by atoms with E-state index in [0.717, 1.165) is 93.4 Å². The van der Waals surface area contributed by atoms with Crippen molar-refractivity contribution in [3.05, 3.63) is 24.3 Å². The number of fused-ring (bicyclic) bond motifs is 1. The molecule has 1 aromatic heterocycles. The summed E-state index contributed by atoms with van der Waals surface area (Å²) in [5, 5.41) is 17.8. The Morgan fingerprint density at radius 1 is 1.03 bits per heavy atom. The second-order valence-electron chi connectivity index (χ2n) is 11.2. The zero-order chi connectivity index (χ0) is 26.1. The van der Waals surface area contributed by atoms with Crippen LogP contribution in [-0.2, 0) is 6.54 Å². The monoisotopic (exact) mass is 914 g/mol. The number of anilines is 1. The van der Waals surface area contributed by atoms with Crippen LogP contribution in [0.3, 0.4) is 0 Å². The maximum atomic E-state index is 10.9. The number of halogens is 3. The average Bonchev–Trinajstić information content (AvgIpc) is 3.71. The number of rotatable bonds is 9. The first kappa shape index (κ1) is 29.7. The molecule has 2 aliphatic heterocycles. The van der Waals surface area contributed by atoms with E-state index in [0.29, 0.717) is 12.6 Å². The standard InChI is InChI=1S/C25H40I3N6OP3/c1-27-18-5-15(33-4-2-3-29-13-33)6-20(18)36-22-9-17(35)10-23(22)37-21-7-16(8-24(21)38-28-26)34-14-32-19-11-30-12-31-25(19)34/h2,4,12,14-18,20-24,29,35-38H,3,5-11,13H2,1H3,(H,30,31)/q-2. The molecule has 0 amide bonds. The van der Waals surface area contributed by atoms with Crippen LogP contribution in [0, 0.1) is 0 Å². The topological polar surface area (TPSA) is 77.7 Å². The number of alkyl halides is 2. The fraction of sp³-hybridized carbons (Fsp3) is 0.760. The van der Waals surface area contributed by atoms with Crippen molar-refractivity contribution in [2.45, 2.75) is 95.5 Å². The van der Waals surface area contributed by atoms with Crippen molar-refractivity contribution in [3.8, 4) is 0 Å². The van der Waals surface area contributed by atoms with Crippen LogP contribution < -0.4 is 48.5 Å². The zero-order valence-corrected chi connectivity index (χ0v) is 31.2. The molecule has 3 aliphatic carbocycles. The third kappa shape index (κ3) is 6.72. The first-order chi connectivity index (χ1) is 18.6. The first-order valence-electron chi connectivity index (χ1n) is 13.7. The van der Waals surface area contributed by atoms with E-state index in [4.69, 9.17) is 4.98 Å². The molecule has 0 spiro atoms. The van der Waals surface area contributed by atoms with Crippen LogP contribution in [0.5, 0.6) is 0 Å². The summed E-state index contributed by atoms with van der Waals surface area (Å²) in [5.74, 6) is 1.18. The van der Waals surface area contributed by atoms with Gasteiger partial charge in [0.25, 0.3) is 0 Å². The molecular formula is C25H40I3N6OP3-2. The Kier molecular flexibility index (Phi) is 10.9. The van der Waals surface area contributed by atoms with Crippen LogP contribution in [-0.4, -0.2) is 88.4 Å². The predicted molar refractivity (Wildman–Crippen MR) is 166 cm³/mol. The summed E-state index contributed by atoms with van der Waals surface area (Å²) in [4.78, 5) is 14.1. The maximum absolute atomic E-state index is 10.9. The van der Waals surface area contributed by atoms with Crippen molar-refractivity contribution in [2.75, 3.05) is 23.5 Å². The van der Waals surface area contributed by atoms with Gasteiger partial charge >= 0.3 is 265 Å². The number of aliphatic hydroxyl groups is 1. The van der Waals surface area contributed by atoms with Gasteiger partial charge in [0.2, 0.25) is 0 Å². The molecule has 0 saturated heterocycles. The summed E-state index contributed by atoms with van der Waals surface area (Å²) < 4.78 is 3.40. The molecule has 3 fully saturated rings. The van der Waals surface area contributed by atoms with Crippen molar-refractivity contribution < 1.29 is 43.0 Å². The number of nitrogens with zero attached hydrogens (tertiary/aromatic N) is 4. The van der Waals surface area contributed by atoms with Crippen LogP contribution in [0.2, 0.25) is 0 Å². The van der Waals surface area contributed by atoms with E-state index in [1.165, 1.54) is 31.5 Å². The normalized spacial score (nSPS) is 39.8. The van der Waals surface area contributed by atoms with Crippen LogP contribution in [0.1, 0.15) is 50.3 Å². The Bertz CT molecular complexity index is 1020. The van der Waals surface area contributed by atoms with E-state index < -0.39 is 0 Å². The van der Waals surface area contributed by atoms with Crippen molar-refractivity contribution in [1.82, 2.24) is 19.8 Å². The minimum atomic E-state index is -0.0644. The second-order valence-corrected chi connectivity index (χ2v) is 30.1. The molecule has 12 unspecified atom stereocenters. The Morgan fingerprint density at radius 3 is 2.55 bits per heavy atom. The van der Waals surface area contributed by atoms with Gasteiger partial charge in [0.15, 0.2) is 0 Å². The van der Waals surface area contributed by atoms with Crippen molar-refractivity contribution in [2.24, 2.45) is 4.99 Å². The number of aliphatic imine (C=N–C) groups is 1. The Balaban J connectivity index is 1.12. The van der Waals surface area contributed by atoms with Gasteiger partial charge < -0.3 is 0 Å². The predicted octanol–water partition coefficient (Wildman–Crippen LogP) is -1.81. The third-order valence-electron chi connectivity index (χ3n) is 8.97.